The zero-order valence-corrected chi connectivity index (χ0v) is 12.1. The van der Waals surface area contributed by atoms with Crippen molar-refractivity contribution in [2.45, 2.75) is 20.0 Å². The summed E-state index contributed by atoms with van der Waals surface area (Å²) in [6.45, 7) is 4.01. The first kappa shape index (κ1) is 15.0. The minimum atomic E-state index is -0.406. The van der Waals surface area contributed by atoms with Gasteiger partial charge in [0.15, 0.2) is 0 Å². The Labute approximate surface area is 122 Å². The Hall–Kier alpha value is -2.41. The number of nitrogens with one attached hydrogen (secondary N) is 1. The van der Waals surface area contributed by atoms with Crippen molar-refractivity contribution in [3.63, 3.8) is 0 Å². The lowest BCUT2D eigenvalue weighted by atomic mass is 10.1. The fourth-order valence-corrected chi connectivity index (χ4v) is 2.07. The van der Waals surface area contributed by atoms with E-state index < -0.39 is 4.92 Å². The van der Waals surface area contributed by atoms with Crippen LogP contribution in [0.4, 0.5) is 5.69 Å². The highest BCUT2D eigenvalue weighted by Crippen LogP contribution is 2.25. The summed E-state index contributed by atoms with van der Waals surface area (Å²) in [7, 11) is 1.55. The van der Waals surface area contributed by atoms with Crippen molar-refractivity contribution in [3.05, 3.63) is 52.1 Å². The van der Waals surface area contributed by atoms with Gasteiger partial charge in [-0.05, 0) is 12.6 Å². The maximum absolute atomic E-state index is 10.9. The molecule has 0 radical (unpaired) electrons. The number of aromatic nitrogens is 2. The number of hydrogen-bond acceptors (Lipinski definition) is 5. The van der Waals surface area contributed by atoms with E-state index in [4.69, 9.17) is 4.74 Å². The largest absolute Gasteiger partial charge is 0.496 e. The van der Waals surface area contributed by atoms with Gasteiger partial charge in [-0.1, -0.05) is 6.92 Å². The van der Waals surface area contributed by atoms with Gasteiger partial charge >= 0.3 is 0 Å². The number of rotatable bonds is 7. The number of nitro benzene ring substituents is 1. The van der Waals surface area contributed by atoms with Crippen LogP contribution < -0.4 is 10.1 Å². The van der Waals surface area contributed by atoms with Gasteiger partial charge < -0.3 is 14.6 Å². The SMILES string of the molecule is CCNCc1nccn1Cc1cc([N+](=O)[O-])ccc1OC. The smallest absolute Gasteiger partial charge is 0.270 e. The van der Waals surface area contributed by atoms with E-state index in [1.807, 2.05) is 17.7 Å². The first-order chi connectivity index (χ1) is 10.2. The summed E-state index contributed by atoms with van der Waals surface area (Å²) in [5, 5.41) is 14.1. The van der Waals surface area contributed by atoms with Crippen LogP contribution in [0.25, 0.3) is 0 Å². The van der Waals surface area contributed by atoms with Crippen LogP contribution >= 0.6 is 0 Å². The van der Waals surface area contributed by atoms with Crippen molar-refractivity contribution in [3.8, 4) is 5.75 Å². The zero-order valence-electron chi connectivity index (χ0n) is 12.1. The molecule has 1 aromatic carbocycles. The molecule has 0 saturated heterocycles. The number of nitrogens with zero attached hydrogens (tertiary/aromatic N) is 3. The van der Waals surface area contributed by atoms with E-state index in [0.29, 0.717) is 18.8 Å². The molecule has 0 bridgehead atoms. The molecule has 21 heavy (non-hydrogen) atoms. The maximum Gasteiger partial charge on any atom is 0.270 e. The number of methoxy groups -OCH3 is 1. The van der Waals surface area contributed by atoms with Crippen LogP contribution in [0.3, 0.4) is 0 Å². The van der Waals surface area contributed by atoms with Crippen molar-refractivity contribution >= 4 is 5.69 Å². The first-order valence-electron chi connectivity index (χ1n) is 6.67. The number of imidazole rings is 1. The summed E-state index contributed by atoms with van der Waals surface area (Å²) >= 11 is 0. The molecule has 0 aliphatic rings. The second kappa shape index (κ2) is 6.85. The minimum absolute atomic E-state index is 0.0548. The lowest BCUT2D eigenvalue weighted by molar-refractivity contribution is -0.384. The summed E-state index contributed by atoms with van der Waals surface area (Å²) in [6.07, 6.45) is 3.57. The van der Waals surface area contributed by atoms with Gasteiger partial charge in [0.05, 0.1) is 25.1 Å². The third kappa shape index (κ3) is 3.57. The molecule has 1 heterocycles. The third-order valence-electron chi connectivity index (χ3n) is 3.15. The van der Waals surface area contributed by atoms with Crippen molar-refractivity contribution in [2.75, 3.05) is 13.7 Å². The predicted octanol–water partition coefficient (Wildman–Crippen LogP) is 1.96. The highest BCUT2D eigenvalue weighted by molar-refractivity contribution is 5.44. The highest BCUT2D eigenvalue weighted by atomic mass is 16.6. The Balaban J connectivity index is 2.27. The Kier molecular flexibility index (Phi) is 4.89. The normalized spacial score (nSPS) is 10.6. The van der Waals surface area contributed by atoms with Crippen LogP contribution in [0.2, 0.25) is 0 Å². The molecule has 0 spiro atoms. The van der Waals surface area contributed by atoms with E-state index in [-0.39, 0.29) is 5.69 Å². The maximum atomic E-state index is 10.9. The van der Waals surface area contributed by atoms with Crippen LogP contribution in [0.1, 0.15) is 18.3 Å². The number of ether oxygens (including phenoxy) is 1. The van der Waals surface area contributed by atoms with Gasteiger partial charge in [-0.15, -0.1) is 0 Å². The Morgan fingerprint density at radius 2 is 2.29 bits per heavy atom. The Bertz CT molecular complexity index is 624. The lowest BCUT2D eigenvalue weighted by Gasteiger charge is -2.11. The average molecular weight is 290 g/mol. The monoisotopic (exact) mass is 290 g/mol. The summed E-state index contributed by atoms with van der Waals surface area (Å²) in [5.41, 5.74) is 0.807. The molecule has 7 nitrogen and oxygen atoms in total. The molecule has 2 rings (SSSR count). The molecule has 0 atom stereocenters. The molecule has 1 N–H and O–H groups in total. The molecule has 0 aliphatic carbocycles. The van der Waals surface area contributed by atoms with Crippen LogP contribution in [-0.2, 0) is 13.1 Å². The Morgan fingerprint density at radius 3 is 2.95 bits per heavy atom. The fourth-order valence-electron chi connectivity index (χ4n) is 2.07. The van der Waals surface area contributed by atoms with Gasteiger partial charge in [-0.3, -0.25) is 10.1 Å². The molecule has 1 aromatic heterocycles. The summed E-state index contributed by atoms with van der Waals surface area (Å²) in [5.74, 6) is 1.51. The van der Waals surface area contributed by atoms with E-state index in [0.717, 1.165) is 17.9 Å². The molecular weight excluding hydrogens is 272 g/mol. The number of hydrogen-bond donors (Lipinski definition) is 1. The van der Waals surface area contributed by atoms with Gasteiger partial charge in [-0.2, -0.15) is 0 Å². The van der Waals surface area contributed by atoms with Crippen molar-refractivity contribution in [1.29, 1.82) is 0 Å². The Morgan fingerprint density at radius 1 is 1.48 bits per heavy atom. The fraction of sp³-hybridized carbons (Fsp3) is 0.357. The van der Waals surface area contributed by atoms with Crippen LogP contribution in [-0.4, -0.2) is 28.1 Å². The average Bonchev–Trinajstić information content (AvgIpc) is 2.92. The van der Waals surface area contributed by atoms with Gasteiger partial charge in [0.1, 0.15) is 11.6 Å². The second-order valence-corrected chi connectivity index (χ2v) is 4.50. The van der Waals surface area contributed by atoms with Gasteiger partial charge in [-0.25, -0.2) is 4.98 Å². The first-order valence-corrected chi connectivity index (χ1v) is 6.67. The van der Waals surface area contributed by atoms with Gasteiger partial charge in [0.25, 0.3) is 5.69 Å². The zero-order chi connectivity index (χ0) is 15.2. The van der Waals surface area contributed by atoms with E-state index in [9.17, 15) is 10.1 Å². The molecule has 0 amide bonds. The minimum Gasteiger partial charge on any atom is -0.496 e. The molecule has 0 saturated carbocycles. The molecule has 0 aliphatic heterocycles. The third-order valence-corrected chi connectivity index (χ3v) is 3.15. The number of non-ortho nitro benzene ring substituents is 1. The van der Waals surface area contributed by atoms with E-state index in [1.165, 1.54) is 12.1 Å². The van der Waals surface area contributed by atoms with Gasteiger partial charge in [0.2, 0.25) is 0 Å². The van der Waals surface area contributed by atoms with E-state index in [1.54, 1.807) is 19.4 Å². The molecule has 0 unspecified atom stereocenters. The van der Waals surface area contributed by atoms with Crippen molar-refractivity contribution < 1.29 is 9.66 Å². The van der Waals surface area contributed by atoms with Crippen molar-refractivity contribution in [1.82, 2.24) is 14.9 Å². The summed E-state index contributed by atoms with van der Waals surface area (Å²) in [6, 6.07) is 4.60. The standard InChI is InChI=1S/C14H18N4O3/c1-3-15-9-14-16-6-7-17(14)10-11-8-12(18(19)20)4-5-13(11)21-2/h4-8,15H,3,9-10H2,1-2H3. The van der Waals surface area contributed by atoms with Crippen LogP contribution in [0, 0.1) is 10.1 Å². The quantitative estimate of drug-likeness (QED) is 0.622. The topological polar surface area (TPSA) is 82.2 Å². The second-order valence-electron chi connectivity index (χ2n) is 4.50. The molecule has 2 aromatic rings. The van der Waals surface area contributed by atoms with Gasteiger partial charge in [0, 0.05) is 30.1 Å². The van der Waals surface area contributed by atoms with E-state index >= 15 is 0 Å². The number of benzene rings is 1. The van der Waals surface area contributed by atoms with Crippen molar-refractivity contribution in [2.24, 2.45) is 0 Å². The number of nitro groups is 1. The van der Waals surface area contributed by atoms with E-state index in [2.05, 4.69) is 10.3 Å². The molecular formula is C14H18N4O3. The predicted molar refractivity (Wildman–Crippen MR) is 78.4 cm³/mol. The lowest BCUT2D eigenvalue weighted by Crippen LogP contribution is -2.16. The summed E-state index contributed by atoms with van der Waals surface area (Å²) < 4.78 is 7.23. The molecule has 0 fully saturated rings. The van der Waals surface area contributed by atoms with Crippen LogP contribution in [0.5, 0.6) is 5.75 Å². The summed E-state index contributed by atoms with van der Waals surface area (Å²) in [4.78, 5) is 14.8. The molecule has 7 heteroatoms. The molecule has 112 valence electrons. The van der Waals surface area contributed by atoms with Crippen LogP contribution in [0.15, 0.2) is 30.6 Å². The highest BCUT2D eigenvalue weighted by Gasteiger charge is 2.13.